The second-order valence-corrected chi connectivity index (χ2v) is 8.93. The molecule has 14 nitrogen and oxygen atoms in total. The molecule has 15 heteroatoms. The fraction of sp³-hybridized carbons (Fsp3) is 0.300. The van der Waals surface area contributed by atoms with Crippen molar-refractivity contribution in [3.63, 3.8) is 0 Å². The SMILES string of the molecule is Cc1cn([C@H]2C[C@H](N=[N+]=[N-])[C@@H](COP(=O)(Oc3ccncc3)Oc3cccnc3)O2)c(=O)[nH]c1=O. The number of azide groups is 1. The molecule has 3 aromatic rings. The number of hydrogen-bond donors (Lipinski definition) is 1. The first-order valence-electron chi connectivity index (χ1n) is 10.3. The highest BCUT2D eigenvalue weighted by molar-refractivity contribution is 7.49. The van der Waals surface area contributed by atoms with E-state index in [1.54, 1.807) is 6.07 Å². The molecule has 0 aliphatic carbocycles. The van der Waals surface area contributed by atoms with E-state index in [-0.39, 0.29) is 24.5 Å². The quantitative estimate of drug-likeness (QED) is 0.199. The Hall–Kier alpha value is -3.96. The van der Waals surface area contributed by atoms with E-state index in [9.17, 15) is 14.2 Å². The molecule has 35 heavy (non-hydrogen) atoms. The van der Waals surface area contributed by atoms with Crippen molar-refractivity contribution in [2.45, 2.75) is 31.7 Å². The Labute approximate surface area is 197 Å². The summed E-state index contributed by atoms with van der Waals surface area (Å²) in [6, 6.07) is 5.28. The van der Waals surface area contributed by atoms with E-state index < -0.39 is 37.4 Å². The lowest BCUT2D eigenvalue weighted by atomic mass is 10.1. The summed E-state index contributed by atoms with van der Waals surface area (Å²) in [7, 11) is -4.28. The maximum absolute atomic E-state index is 13.5. The van der Waals surface area contributed by atoms with Crippen LogP contribution in [0.4, 0.5) is 0 Å². The highest BCUT2D eigenvalue weighted by Gasteiger charge is 2.40. The van der Waals surface area contributed by atoms with Gasteiger partial charge in [-0.15, -0.1) is 0 Å². The van der Waals surface area contributed by atoms with Gasteiger partial charge >= 0.3 is 13.5 Å². The van der Waals surface area contributed by atoms with Crippen molar-refractivity contribution in [2.75, 3.05) is 6.61 Å². The Morgan fingerprint density at radius 2 is 2.00 bits per heavy atom. The van der Waals surface area contributed by atoms with Gasteiger partial charge in [-0.25, -0.2) is 9.36 Å². The maximum Gasteiger partial charge on any atom is 0.587 e. The van der Waals surface area contributed by atoms with Crippen molar-refractivity contribution < 1.29 is 22.9 Å². The minimum Gasteiger partial charge on any atom is -0.395 e. The zero-order chi connectivity index (χ0) is 24.8. The van der Waals surface area contributed by atoms with Gasteiger partial charge in [-0.3, -0.25) is 28.8 Å². The summed E-state index contributed by atoms with van der Waals surface area (Å²) in [4.78, 5) is 36.8. The molecule has 1 fully saturated rings. The normalized spacial score (nSPS) is 21.0. The zero-order valence-electron chi connectivity index (χ0n) is 18.3. The molecule has 0 radical (unpaired) electrons. The van der Waals surface area contributed by atoms with Crippen molar-refractivity contribution in [3.8, 4) is 11.5 Å². The van der Waals surface area contributed by atoms with E-state index in [0.717, 1.165) is 0 Å². The minimum atomic E-state index is -4.28. The summed E-state index contributed by atoms with van der Waals surface area (Å²) in [6.45, 7) is 1.18. The summed E-state index contributed by atoms with van der Waals surface area (Å²) in [6.07, 6.45) is 5.44. The first-order chi connectivity index (χ1) is 16.9. The fourth-order valence-electron chi connectivity index (χ4n) is 3.32. The van der Waals surface area contributed by atoms with Crippen LogP contribution in [0.1, 0.15) is 18.2 Å². The maximum atomic E-state index is 13.5. The molecular weight excluding hydrogens is 481 g/mol. The summed E-state index contributed by atoms with van der Waals surface area (Å²) in [5, 5.41) is 3.72. The Morgan fingerprint density at radius 1 is 1.23 bits per heavy atom. The van der Waals surface area contributed by atoms with Gasteiger partial charge in [0.25, 0.3) is 5.56 Å². The lowest BCUT2D eigenvalue weighted by Gasteiger charge is -2.22. The highest BCUT2D eigenvalue weighted by atomic mass is 31.2. The number of aromatic amines is 1. The molecule has 0 spiro atoms. The second kappa shape index (κ2) is 10.5. The zero-order valence-corrected chi connectivity index (χ0v) is 19.2. The summed E-state index contributed by atoms with van der Waals surface area (Å²) >= 11 is 0. The largest absolute Gasteiger partial charge is 0.587 e. The molecule has 0 aromatic carbocycles. The molecule has 4 atom stereocenters. The van der Waals surface area contributed by atoms with E-state index in [0.29, 0.717) is 5.56 Å². The molecule has 4 rings (SSSR count). The molecule has 1 aliphatic heterocycles. The number of ether oxygens (including phenoxy) is 1. The van der Waals surface area contributed by atoms with Crippen molar-refractivity contribution in [3.05, 3.63) is 92.1 Å². The van der Waals surface area contributed by atoms with Gasteiger partial charge in [0.1, 0.15) is 12.0 Å². The molecular formula is C20H20N7O7P. The highest BCUT2D eigenvalue weighted by Crippen LogP contribution is 2.50. The second-order valence-electron chi connectivity index (χ2n) is 7.41. The molecule has 1 unspecified atom stereocenters. The lowest BCUT2D eigenvalue weighted by Crippen LogP contribution is -2.33. The van der Waals surface area contributed by atoms with E-state index >= 15 is 0 Å². The summed E-state index contributed by atoms with van der Waals surface area (Å²) < 4.78 is 37.1. The lowest BCUT2D eigenvalue weighted by molar-refractivity contribution is -0.0260. The van der Waals surface area contributed by atoms with E-state index in [1.807, 2.05) is 0 Å². The Kier molecular flexibility index (Phi) is 7.28. The van der Waals surface area contributed by atoms with Crippen LogP contribution in [0.15, 0.2) is 70.0 Å². The molecule has 0 saturated carbocycles. The number of aryl methyl sites for hydroxylation is 1. The van der Waals surface area contributed by atoms with Gasteiger partial charge in [0, 0.05) is 41.7 Å². The van der Waals surface area contributed by atoms with Crippen LogP contribution in [0, 0.1) is 6.92 Å². The number of phosphoric ester groups is 1. The van der Waals surface area contributed by atoms with Crippen LogP contribution in [0.3, 0.4) is 0 Å². The Bertz CT molecular complexity index is 1330. The van der Waals surface area contributed by atoms with Crippen LogP contribution >= 0.6 is 7.82 Å². The van der Waals surface area contributed by atoms with Crippen LogP contribution in [0.5, 0.6) is 11.5 Å². The van der Waals surface area contributed by atoms with Crippen molar-refractivity contribution in [2.24, 2.45) is 5.11 Å². The topological polar surface area (TPSA) is 183 Å². The van der Waals surface area contributed by atoms with Crippen LogP contribution in [-0.4, -0.2) is 38.3 Å². The van der Waals surface area contributed by atoms with Crippen molar-refractivity contribution in [1.29, 1.82) is 0 Å². The van der Waals surface area contributed by atoms with Gasteiger partial charge < -0.3 is 13.8 Å². The molecule has 182 valence electrons. The number of rotatable bonds is 9. The third kappa shape index (κ3) is 5.94. The molecule has 1 aliphatic rings. The average molecular weight is 501 g/mol. The smallest absolute Gasteiger partial charge is 0.395 e. The molecule has 1 saturated heterocycles. The van der Waals surface area contributed by atoms with Gasteiger partial charge in [0.05, 0.1) is 24.9 Å². The predicted molar refractivity (Wildman–Crippen MR) is 121 cm³/mol. The van der Waals surface area contributed by atoms with Crippen LogP contribution < -0.4 is 20.3 Å². The molecule has 3 aromatic heterocycles. The van der Waals surface area contributed by atoms with Crippen LogP contribution in [-0.2, 0) is 13.8 Å². The van der Waals surface area contributed by atoms with Crippen molar-refractivity contribution >= 4 is 7.82 Å². The van der Waals surface area contributed by atoms with Gasteiger partial charge in [-0.05, 0) is 36.7 Å². The molecule has 0 amide bonds. The monoisotopic (exact) mass is 501 g/mol. The number of nitrogens with zero attached hydrogens (tertiary/aromatic N) is 6. The van der Waals surface area contributed by atoms with Gasteiger partial charge in [-0.2, -0.15) is 0 Å². The van der Waals surface area contributed by atoms with Crippen LogP contribution in [0.2, 0.25) is 0 Å². The standard InChI is InChI=1S/C20H20N7O7P/c1-13-11-27(20(29)24-19(13)28)18-9-16(25-26-21)17(32-18)12-31-35(30,33-14-4-7-22-8-5-14)34-15-3-2-6-23-10-15/h2-8,10-11,16-18H,9,12H2,1H3,(H,24,28,29)/t16-,17+,18+,35?/m0/s1. The molecule has 4 heterocycles. The fourth-order valence-corrected chi connectivity index (χ4v) is 4.54. The van der Waals surface area contributed by atoms with Gasteiger partial charge in [0.15, 0.2) is 5.75 Å². The first-order valence-corrected chi connectivity index (χ1v) is 11.8. The van der Waals surface area contributed by atoms with E-state index in [1.165, 1.54) is 60.7 Å². The van der Waals surface area contributed by atoms with Crippen molar-refractivity contribution in [1.82, 2.24) is 19.5 Å². The average Bonchev–Trinajstić information content (AvgIpc) is 3.24. The number of pyridine rings is 2. The summed E-state index contributed by atoms with van der Waals surface area (Å²) in [5.74, 6) is 0.316. The van der Waals surface area contributed by atoms with Crippen LogP contribution in [0.25, 0.3) is 10.4 Å². The first kappa shape index (κ1) is 24.2. The van der Waals surface area contributed by atoms with Gasteiger partial charge in [0.2, 0.25) is 0 Å². The number of phosphoric acid groups is 1. The van der Waals surface area contributed by atoms with E-state index in [2.05, 4.69) is 25.0 Å². The number of H-pyrrole nitrogens is 1. The minimum absolute atomic E-state index is 0.114. The summed E-state index contributed by atoms with van der Waals surface area (Å²) in [5.41, 5.74) is 8.08. The predicted octanol–water partition coefficient (Wildman–Crippen LogP) is 2.88. The third-order valence-electron chi connectivity index (χ3n) is 4.98. The molecule has 1 N–H and O–H groups in total. The van der Waals surface area contributed by atoms with E-state index in [4.69, 9.17) is 23.8 Å². The Balaban J connectivity index is 1.55. The Morgan fingerprint density at radius 3 is 2.71 bits per heavy atom. The third-order valence-corrected chi connectivity index (χ3v) is 6.31. The van der Waals surface area contributed by atoms with Gasteiger partial charge in [-0.1, -0.05) is 5.11 Å². The number of nitrogens with one attached hydrogen (secondary N) is 1. The number of hydrogen-bond acceptors (Lipinski definition) is 10. The number of aromatic nitrogens is 4. The molecule has 0 bridgehead atoms.